The summed E-state index contributed by atoms with van der Waals surface area (Å²) in [5, 5.41) is 16.5. The van der Waals surface area contributed by atoms with Crippen LogP contribution in [-0.2, 0) is 0 Å². The Hall–Kier alpha value is -4.41. The van der Waals surface area contributed by atoms with Gasteiger partial charge in [-0.05, 0) is 74.9 Å². The quantitative estimate of drug-likeness (QED) is 0.369. The number of hydrogen-bond acceptors (Lipinski definition) is 9. The topological polar surface area (TPSA) is 150 Å². The number of rotatable bonds is 7. The number of nitrogens with zero attached hydrogens (tertiary/aromatic N) is 5. The first-order valence-corrected chi connectivity index (χ1v) is 13.0. The minimum absolute atomic E-state index is 0.105. The van der Waals surface area contributed by atoms with Crippen molar-refractivity contribution in [3.8, 4) is 5.75 Å². The maximum atomic E-state index is 12.7. The first-order valence-electron chi connectivity index (χ1n) is 13.0. The monoisotopic (exact) mass is 516 g/mol. The molecular formula is C27H32N8O3. The van der Waals surface area contributed by atoms with Crippen molar-refractivity contribution in [2.45, 2.75) is 38.5 Å². The summed E-state index contributed by atoms with van der Waals surface area (Å²) in [4.78, 5) is 42.5. The fraction of sp³-hybridized carbons (Fsp3) is 0.370. The molecule has 0 spiro atoms. The number of amides is 2. The van der Waals surface area contributed by atoms with Crippen LogP contribution in [0.2, 0.25) is 0 Å². The molecule has 2 aliphatic heterocycles. The highest BCUT2D eigenvalue weighted by atomic mass is 16.3. The highest BCUT2D eigenvalue weighted by molar-refractivity contribution is 6.06. The molecule has 0 aliphatic carbocycles. The summed E-state index contributed by atoms with van der Waals surface area (Å²) in [6, 6.07) is 10.9. The van der Waals surface area contributed by atoms with Gasteiger partial charge in [0.15, 0.2) is 0 Å². The zero-order valence-electron chi connectivity index (χ0n) is 21.2. The number of primary amides is 1. The molecule has 11 heteroatoms. The predicted molar refractivity (Wildman–Crippen MR) is 146 cm³/mol. The minimum Gasteiger partial charge on any atom is -0.507 e. The average Bonchev–Trinajstić information content (AvgIpc) is 2.94. The lowest BCUT2D eigenvalue weighted by molar-refractivity contribution is 0.0998. The maximum Gasteiger partial charge on any atom is 0.259 e. The Labute approximate surface area is 221 Å². The summed E-state index contributed by atoms with van der Waals surface area (Å²) in [6.45, 7) is 3.66. The van der Waals surface area contributed by atoms with Crippen molar-refractivity contribution >= 4 is 41.0 Å². The van der Waals surface area contributed by atoms with Gasteiger partial charge in [-0.25, -0.2) is 0 Å². The second-order valence-electron chi connectivity index (χ2n) is 9.61. The van der Waals surface area contributed by atoms with Crippen LogP contribution in [-0.4, -0.2) is 58.1 Å². The zero-order chi connectivity index (χ0) is 26.5. The number of anilines is 5. The molecule has 38 heavy (non-hydrogen) atoms. The second kappa shape index (κ2) is 11.3. The lowest BCUT2D eigenvalue weighted by atomic mass is 10.1. The summed E-state index contributed by atoms with van der Waals surface area (Å²) >= 11 is 0. The predicted octanol–water partition coefficient (Wildman–Crippen LogP) is 3.65. The molecular weight excluding hydrogens is 484 g/mol. The van der Waals surface area contributed by atoms with E-state index < -0.39 is 11.8 Å². The van der Waals surface area contributed by atoms with Crippen LogP contribution in [0, 0.1) is 0 Å². The number of nitrogens with two attached hydrogens (primary N) is 1. The van der Waals surface area contributed by atoms with E-state index in [1.165, 1.54) is 37.1 Å². The maximum absolute atomic E-state index is 12.7. The van der Waals surface area contributed by atoms with Gasteiger partial charge in [0.2, 0.25) is 23.8 Å². The van der Waals surface area contributed by atoms with Crippen LogP contribution < -0.4 is 26.2 Å². The van der Waals surface area contributed by atoms with E-state index in [2.05, 4.69) is 30.4 Å². The Morgan fingerprint density at radius 1 is 0.763 bits per heavy atom. The van der Waals surface area contributed by atoms with Crippen molar-refractivity contribution in [1.82, 2.24) is 15.0 Å². The number of carbonyl (C=O) groups is 2. The van der Waals surface area contributed by atoms with Crippen molar-refractivity contribution in [1.29, 1.82) is 0 Å². The molecule has 0 unspecified atom stereocenters. The Morgan fingerprint density at radius 2 is 1.32 bits per heavy atom. The van der Waals surface area contributed by atoms with Crippen molar-refractivity contribution in [2.24, 2.45) is 5.73 Å². The van der Waals surface area contributed by atoms with Crippen LogP contribution in [0.4, 0.5) is 29.2 Å². The smallest absolute Gasteiger partial charge is 0.259 e. The molecule has 0 radical (unpaired) electrons. The second-order valence-corrected chi connectivity index (χ2v) is 9.61. The van der Waals surface area contributed by atoms with E-state index in [1.54, 1.807) is 18.2 Å². The number of benzene rings is 2. The molecule has 2 aromatic carbocycles. The highest BCUT2D eigenvalue weighted by Crippen LogP contribution is 2.27. The number of hydrogen-bond donors (Lipinski definition) is 4. The van der Waals surface area contributed by atoms with Gasteiger partial charge in [-0.15, -0.1) is 0 Å². The van der Waals surface area contributed by atoms with Crippen LogP contribution in [0.25, 0.3) is 0 Å². The van der Waals surface area contributed by atoms with E-state index in [4.69, 9.17) is 10.7 Å². The first kappa shape index (κ1) is 25.2. The van der Waals surface area contributed by atoms with E-state index in [-0.39, 0.29) is 11.3 Å². The standard InChI is InChI=1S/C27H32N8O3/c28-23(37)18-7-9-19(10-8-18)29-24(38)21-12-11-20(17-22(21)36)30-25-31-26(34-13-3-1-4-14-34)33-27(32-25)35-15-5-2-6-16-35/h7-12,17,36H,1-6,13-16H2,(H2,28,37)(H,29,38)(H,30,31,32,33). The molecule has 3 aromatic rings. The van der Waals surface area contributed by atoms with Gasteiger partial charge in [-0.3, -0.25) is 9.59 Å². The highest BCUT2D eigenvalue weighted by Gasteiger charge is 2.21. The van der Waals surface area contributed by atoms with E-state index in [1.807, 2.05) is 0 Å². The van der Waals surface area contributed by atoms with Crippen LogP contribution in [0.3, 0.4) is 0 Å². The lowest BCUT2D eigenvalue weighted by Crippen LogP contribution is -2.34. The fourth-order valence-electron chi connectivity index (χ4n) is 4.73. The molecule has 5 N–H and O–H groups in total. The minimum atomic E-state index is -0.548. The van der Waals surface area contributed by atoms with Gasteiger partial charge in [0, 0.05) is 49.2 Å². The van der Waals surface area contributed by atoms with Gasteiger partial charge in [0.25, 0.3) is 5.91 Å². The number of nitrogens with one attached hydrogen (secondary N) is 2. The van der Waals surface area contributed by atoms with Gasteiger partial charge < -0.3 is 31.3 Å². The largest absolute Gasteiger partial charge is 0.507 e. The third-order valence-corrected chi connectivity index (χ3v) is 6.82. The van der Waals surface area contributed by atoms with Gasteiger partial charge in [0.05, 0.1) is 5.56 Å². The van der Waals surface area contributed by atoms with E-state index >= 15 is 0 Å². The SMILES string of the molecule is NC(=O)c1ccc(NC(=O)c2ccc(Nc3nc(N4CCCCC4)nc(N4CCCCC4)n3)cc2O)cc1. The summed E-state index contributed by atoms with van der Waals surface area (Å²) in [7, 11) is 0. The number of aromatic hydroxyl groups is 1. The first-order chi connectivity index (χ1) is 18.5. The van der Waals surface area contributed by atoms with Crippen molar-refractivity contribution in [3.05, 3.63) is 53.6 Å². The molecule has 0 atom stereocenters. The number of phenolic OH excluding ortho intramolecular Hbond substituents is 1. The Bertz CT molecular complexity index is 1270. The third kappa shape index (κ3) is 5.93. The molecule has 198 valence electrons. The zero-order valence-corrected chi connectivity index (χ0v) is 21.2. The Kier molecular flexibility index (Phi) is 7.52. The number of aromatic nitrogens is 3. The van der Waals surface area contributed by atoms with Gasteiger partial charge in [-0.1, -0.05) is 0 Å². The molecule has 1 aromatic heterocycles. The molecule has 2 saturated heterocycles. The summed E-state index contributed by atoms with van der Waals surface area (Å²) in [5.74, 6) is 0.486. The molecule has 5 rings (SSSR count). The normalized spacial score (nSPS) is 15.7. The average molecular weight is 517 g/mol. The van der Waals surface area contributed by atoms with Crippen LogP contribution >= 0.6 is 0 Å². The summed E-state index contributed by atoms with van der Waals surface area (Å²) in [5.41, 5.74) is 6.72. The van der Waals surface area contributed by atoms with Crippen LogP contribution in [0.15, 0.2) is 42.5 Å². The molecule has 11 nitrogen and oxygen atoms in total. The van der Waals surface area contributed by atoms with Crippen molar-refractivity contribution < 1.29 is 14.7 Å². The molecule has 2 aliphatic rings. The van der Waals surface area contributed by atoms with Crippen LogP contribution in [0.5, 0.6) is 5.75 Å². The Morgan fingerprint density at radius 3 is 1.84 bits per heavy atom. The molecule has 2 fully saturated rings. The number of phenols is 1. The summed E-state index contributed by atoms with van der Waals surface area (Å²) in [6.07, 6.45) is 6.87. The van der Waals surface area contributed by atoms with Gasteiger partial charge in [-0.2, -0.15) is 15.0 Å². The van der Waals surface area contributed by atoms with Crippen LogP contribution in [0.1, 0.15) is 59.2 Å². The summed E-state index contributed by atoms with van der Waals surface area (Å²) < 4.78 is 0. The molecule has 0 saturated carbocycles. The fourth-order valence-corrected chi connectivity index (χ4v) is 4.73. The van der Waals surface area contributed by atoms with Gasteiger partial charge in [0.1, 0.15) is 5.75 Å². The molecule has 3 heterocycles. The van der Waals surface area contributed by atoms with E-state index in [9.17, 15) is 14.7 Å². The number of piperidine rings is 2. The molecule has 0 bridgehead atoms. The van der Waals surface area contributed by atoms with Gasteiger partial charge >= 0.3 is 0 Å². The van der Waals surface area contributed by atoms with E-state index in [0.717, 1.165) is 51.9 Å². The third-order valence-electron chi connectivity index (χ3n) is 6.82. The Balaban J connectivity index is 1.34. The molecule has 2 amide bonds. The number of carbonyl (C=O) groups excluding carboxylic acids is 2. The lowest BCUT2D eigenvalue weighted by Gasteiger charge is -2.30. The van der Waals surface area contributed by atoms with E-state index in [0.29, 0.717) is 34.8 Å². The van der Waals surface area contributed by atoms with Crippen molar-refractivity contribution in [3.63, 3.8) is 0 Å². The van der Waals surface area contributed by atoms with Crippen molar-refractivity contribution in [2.75, 3.05) is 46.6 Å².